The average Bonchev–Trinajstić information content (AvgIpc) is 2.70. The van der Waals surface area contributed by atoms with Crippen LogP contribution in [-0.2, 0) is 16.4 Å². The quantitative estimate of drug-likeness (QED) is 0.658. The van der Waals surface area contributed by atoms with Gasteiger partial charge in [-0.2, -0.15) is 0 Å². The van der Waals surface area contributed by atoms with E-state index in [4.69, 9.17) is 4.74 Å². The summed E-state index contributed by atoms with van der Waals surface area (Å²) in [6.07, 6.45) is 0. The molecule has 7 nitrogen and oxygen atoms in total. The third-order valence-electron chi connectivity index (χ3n) is 3.92. The van der Waals surface area contributed by atoms with E-state index in [1.165, 1.54) is 24.3 Å². The predicted molar refractivity (Wildman–Crippen MR) is 100 cm³/mol. The van der Waals surface area contributed by atoms with Gasteiger partial charge in [0.05, 0.1) is 10.6 Å². The number of amides is 1. The zero-order valence-corrected chi connectivity index (χ0v) is 16.0. The highest BCUT2D eigenvalue weighted by Crippen LogP contribution is 2.21. The fourth-order valence-electron chi connectivity index (χ4n) is 2.38. The Bertz CT molecular complexity index is 957. The molecule has 0 saturated heterocycles. The van der Waals surface area contributed by atoms with E-state index in [0.717, 1.165) is 6.07 Å². The molecular formula is C19H20FNO6S. The number of carbonyl (C=O) groups is 2. The molecule has 2 rings (SSSR count). The first-order valence-electron chi connectivity index (χ1n) is 8.44. The molecule has 0 spiro atoms. The summed E-state index contributed by atoms with van der Waals surface area (Å²) < 4.78 is 40.8. The molecule has 0 aliphatic carbocycles. The van der Waals surface area contributed by atoms with Gasteiger partial charge >= 0.3 is 5.97 Å². The number of halogens is 1. The number of rotatable bonds is 9. The van der Waals surface area contributed by atoms with Crippen molar-refractivity contribution in [1.29, 1.82) is 0 Å². The Morgan fingerprint density at radius 2 is 1.82 bits per heavy atom. The highest BCUT2D eigenvalue weighted by molar-refractivity contribution is 7.91. The summed E-state index contributed by atoms with van der Waals surface area (Å²) in [5.41, 5.74) is 0.551. The van der Waals surface area contributed by atoms with Crippen LogP contribution in [0.25, 0.3) is 0 Å². The summed E-state index contributed by atoms with van der Waals surface area (Å²) in [4.78, 5) is 23.8. The number of carboxylic acids is 1. The molecule has 0 bridgehead atoms. The van der Waals surface area contributed by atoms with E-state index in [1.807, 2.05) is 0 Å². The second-order valence-electron chi connectivity index (χ2n) is 5.78. The fraction of sp³-hybridized carbons (Fsp3) is 0.263. The van der Waals surface area contributed by atoms with Gasteiger partial charge in [-0.3, -0.25) is 4.79 Å². The number of carboxylic acid groups (broad SMARTS) is 1. The third kappa shape index (κ3) is 5.29. The fourth-order valence-corrected chi connectivity index (χ4v) is 3.26. The summed E-state index contributed by atoms with van der Waals surface area (Å²) in [5.74, 6) is -1.82. The van der Waals surface area contributed by atoms with Crippen molar-refractivity contribution in [3.05, 3.63) is 59.2 Å². The van der Waals surface area contributed by atoms with Crippen molar-refractivity contribution in [1.82, 2.24) is 5.32 Å². The maximum atomic E-state index is 12.3. The molecule has 9 heteroatoms. The van der Waals surface area contributed by atoms with Crippen molar-refractivity contribution >= 4 is 21.7 Å². The van der Waals surface area contributed by atoms with E-state index in [-0.39, 0.29) is 40.7 Å². The Hall–Kier alpha value is -2.94. The molecule has 0 fully saturated rings. The van der Waals surface area contributed by atoms with Crippen LogP contribution < -0.4 is 10.1 Å². The highest BCUT2D eigenvalue weighted by Gasteiger charge is 2.16. The van der Waals surface area contributed by atoms with Gasteiger partial charge in [-0.1, -0.05) is 19.1 Å². The van der Waals surface area contributed by atoms with E-state index in [1.54, 1.807) is 19.1 Å². The minimum absolute atomic E-state index is 0.0000314. The summed E-state index contributed by atoms with van der Waals surface area (Å²) in [7, 11) is -3.29. The molecule has 1 amide bonds. The average molecular weight is 409 g/mol. The van der Waals surface area contributed by atoms with Crippen LogP contribution in [0.15, 0.2) is 47.4 Å². The molecule has 0 aliphatic heterocycles. The summed E-state index contributed by atoms with van der Waals surface area (Å²) in [6, 6.07) is 9.98. The first-order valence-corrected chi connectivity index (χ1v) is 10.1. The largest absolute Gasteiger partial charge is 0.490 e. The lowest BCUT2D eigenvalue weighted by Gasteiger charge is -2.10. The predicted octanol–water partition coefficient (Wildman–Crippen LogP) is 2.46. The maximum Gasteiger partial charge on any atom is 0.339 e. The van der Waals surface area contributed by atoms with E-state index >= 15 is 0 Å². The Morgan fingerprint density at radius 1 is 1.14 bits per heavy atom. The van der Waals surface area contributed by atoms with E-state index in [9.17, 15) is 27.5 Å². The molecule has 0 heterocycles. The van der Waals surface area contributed by atoms with Crippen LogP contribution in [0.5, 0.6) is 5.75 Å². The number of ether oxygens (including phenoxy) is 1. The van der Waals surface area contributed by atoms with Crippen molar-refractivity contribution in [3.63, 3.8) is 0 Å². The minimum Gasteiger partial charge on any atom is -0.490 e. The molecular weight excluding hydrogens is 389 g/mol. The number of benzene rings is 2. The molecule has 0 atom stereocenters. The summed E-state index contributed by atoms with van der Waals surface area (Å²) >= 11 is 0. The Balaban J connectivity index is 2.08. The van der Waals surface area contributed by atoms with Crippen LogP contribution in [-0.4, -0.2) is 44.4 Å². The van der Waals surface area contributed by atoms with Gasteiger partial charge in [-0.25, -0.2) is 17.6 Å². The molecule has 150 valence electrons. The number of hydrogen-bond donors (Lipinski definition) is 2. The van der Waals surface area contributed by atoms with Crippen molar-refractivity contribution in [2.45, 2.75) is 18.4 Å². The molecule has 0 radical (unpaired) electrons. The van der Waals surface area contributed by atoms with E-state index in [0.29, 0.717) is 5.56 Å². The Labute approximate surface area is 162 Å². The van der Waals surface area contributed by atoms with Gasteiger partial charge in [0.15, 0.2) is 9.84 Å². The second-order valence-corrected chi connectivity index (χ2v) is 8.06. The van der Waals surface area contributed by atoms with Crippen molar-refractivity contribution in [2.24, 2.45) is 0 Å². The van der Waals surface area contributed by atoms with Crippen LogP contribution in [0.3, 0.4) is 0 Å². The van der Waals surface area contributed by atoms with Crippen LogP contribution >= 0.6 is 0 Å². The zero-order valence-electron chi connectivity index (χ0n) is 15.1. The summed E-state index contributed by atoms with van der Waals surface area (Å²) in [5, 5.41) is 11.9. The molecule has 2 N–H and O–H groups in total. The molecule has 0 aliphatic rings. The number of sulfone groups is 1. The number of aromatic carboxylic acids is 1. The van der Waals surface area contributed by atoms with Gasteiger partial charge in [-0.15, -0.1) is 0 Å². The van der Waals surface area contributed by atoms with Crippen molar-refractivity contribution in [3.8, 4) is 5.75 Å². The van der Waals surface area contributed by atoms with Gasteiger partial charge in [-0.05, 0) is 35.9 Å². The third-order valence-corrected chi connectivity index (χ3v) is 5.67. The minimum atomic E-state index is -3.29. The van der Waals surface area contributed by atoms with Gasteiger partial charge in [0.25, 0.3) is 5.91 Å². The monoisotopic (exact) mass is 409 g/mol. The zero-order chi connectivity index (χ0) is 20.7. The second kappa shape index (κ2) is 9.32. The lowest BCUT2D eigenvalue weighted by molar-refractivity contribution is 0.0691. The van der Waals surface area contributed by atoms with Crippen LogP contribution in [0.1, 0.15) is 33.2 Å². The van der Waals surface area contributed by atoms with Crippen LogP contribution in [0.4, 0.5) is 4.39 Å². The summed E-state index contributed by atoms with van der Waals surface area (Å²) in [6.45, 7) is 0.645. The normalized spacial score (nSPS) is 11.1. The Morgan fingerprint density at radius 3 is 2.39 bits per heavy atom. The van der Waals surface area contributed by atoms with Gasteiger partial charge in [0.1, 0.15) is 24.6 Å². The standard InChI is InChI=1S/C19H20FNO6S/c1-2-28(25,26)15-6-3-13(4-7-15)12-21-18(22)14-5-8-17(27-10-9-20)16(11-14)19(23)24/h3-8,11H,2,9-10,12H2,1H3,(H,21,22)(H,23,24). The van der Waals surface area contributed by atoms with Gasteiger partial charge in [0, 0.05) is 12.1 Å². The number of hydrogen-bond acceptors (Lipinski definition) is 5. The number of alkyl halides is 1. The smallest absolute Gasteiger partial charge is 0.339 e. The first-order chi connectivity index (χ1) is 13.3. The van der Waals surface area contributed by atoms with Crippen molar-refractivity contribution in [2.75, 3.05) is 19.0 Å². The lowest BCUT2D eigenvalue weighted by atomic mass is 10.1. The molecule has 0 unspecified atom stereocenters. The van der Waals surface area contributed by atoms with Crippen LogP contribution in [0, 0.1) is 0 Å². The Kier molecular flexibility index (Phi) is 7.11. The maximum absolute atomic E-state index is 12.3. The topological polar surface area (TPSA) is 110 Å². The molecule has 2 aromatic carbocycles. The van der Waals surface area contributed by atoms with Gasteiger partial charge < -0.3 is 15.2 Å². The molecule has 0 aromatic heterocycles. The molecule has 28 heavy (non-hydrogen) atoms. The number of nitrogens with one attached hydrogen (secondary N) is 1. The van der Waals surface area contributed by atoms with Gasteiger partial charge in [0.2, 0.25) is 0 Å². The molecule has 2 aromatic rings. The first kappa shape index (κ1) is 21.4. The van der Waals surface area contributed by atoms with Crippen molar-refractivity contribution < 1.29 is 32.2 Å². The number of carbonyl (C=O) groups excluding carboxylic acids is 1. The lowest BCUT2D eigenvalue weighted by Crippen LogP contribution is -2.23. The van der Waals surface area contributed by atoms with E-state index in [2.05, 4.69) is 5.32 Å². The van der Waals surface area contributed by atoms with Crippen LogP contribution in [0.2, 0.25) is 0 Å². The molecule has 0 saturated carbocycles. The highest BCUT2D eigenvalue weighted by atomic mass is 32.2. The van der Waals surface area contributed by atoms with E-state index < -0.39 is 28.4 Å². The SMILES string of the molecule is CCS(=O)(=O)c1ccc(CNC(=O)c2ccc(OCCF)c(C(=O)O)c2)cc1.